The Morgan fingerprint density at radius 1 is 1.10 bits per heavy atom. The molecule has 1 fully saturated rings. The van der Waals surface area contributed by atoms with Gasteiger partial charge in [-0.15, -0.1) is 24.0 Å². The Balaban J connectivity index is 0.00000341. The van der Waals surface area contributed by atoms with Gasteiger partial charge in [0.15, 0.2) is 5.96 Å². The lowest BCUT2D eigenvalue weighted by Gasteiger charge is -2.21. The summed E-state index contributed by atoms with van der Waals surface area (Å²) in [5, 5.41) is 11.0. The molecular weight excluding hydrogens is 503 g/mol. The van der Waals surface area contributed by atoms with Gasteiger partial charge in [0.1, 0.15) is 11.6 Å². The molecule has 0 unspecified atom stereocenters. The molecule has 0 saturated carbocycles. The summed E-state index contributed by atoms with van der Waals surface area (Å²) in [7, 11) is 0. The number of anilines is 1. The van der Waals surface area contributed by atoms with Crippen LogP contribution in [-0.4, -0.2) is 35.7 Å². The van der Waals surface area contributed by atoms with Crippen molar-refractivity contribution in [3.8, 4) is 0 Å². The Bertz CT molecular complexity index is 793. The molecule has 8 heteroatoms. The van der Waals surface area contributed by atoms with Gasteiger partial charge in [-0.1, -0.05) is 31.8 Å². The monoisotopic (exact) mass is 540 g/mol. The van der Waals surface area contributed by atoms with Crippen LogP contribution < -0.4 is 15.5 Å². The summed E-state index contributed by atoms with van der Waals surface area (Å²) < 4.78 is 5.48. The van der Waals surface area contributed by atoms with Gasteiger partial charge in [-0.25, -0.2) is 9.98 Å². The summed E-state index contributed by atoms with van der Waals surface area (Å²) in [5.41, 5.74) is 3.35. The van der Waals surface area contributed by atoms with Gasteiger partial charge < -0.3 is 20.1 Å². The van der Waals surface area contributed by atoms with E-state index in [0.717, 1.165) is 61.3 Å². The minimum atomic E-state index is 0. The molecule has 0 spiro atoms. The Kier molecular flexibility index (Phi) is 11.1. The van der Waals surface area contributed by atoms with Gasteiger partial charge in [-0.3, -0.25) is 0 Å². The lowest BCUT2D eigenvalue weighted by molar-refractivity contribution is 0.380. The molecule has 2 aromatic heterocycles. The van der Waals surface area contributed by atoms with Crippen LogP contribution in [0.3, 0.4) is 0 Å². The first-order valence-electron chi connectivity index (χ1n) is 11.4. The van der Waals surface area contributed by atoms with Crippen molar-refractivity contribution in [3.63, 3.8) is 0 Å². The summed E-state index contributed by atoms with van der Waals surface area (Å²) in [5.74, 6) is 2.83. The molecule has 3 heterocycles. The largest absolute Gasteiger partial charge is 0.361 e. The lowest BCUT2D eigenvalue weighted by Crippen LogP contribution is -2.37. The molecule has 1 saturated heterocycles. The molecule has 2 N–H and O–H groups in total. The molecule has 3 rings (SSSR count). The third kappa shape index (κ3) is 7.36. The van der Waals surface area contributed by atoms with Crippen molar-refractivity contribution in [2.75, 3.05) is 24.5 Å². The van der Waals surface area contributed by atoms with Gasteiger partial charge >= 0.3 is 0 Å². The maximum Gasteiger partial charge on any atom is 0.191 e. The van der Waals surface area contributed by atoms with E-state index in [1.165, 1.54) is 31.2 Å². The maximum atomic E-state index is 5.48. The predicted octanol–water partition coefficient (Wildman–Crippen LogP) is 4.45. The zero-order chi connectivity index (χ0) is 21.2. The fourth-order valence-electron chi connectivity index (χ4n) is 3.85. The first-order valence-corrected chi connectivity index (χ1v) is 11.4. The van der Waals surface area contributed by atoms with Crippen LogP contribution >= 0.6 is 24.0 Å². The van der Waals surface area contributed by atoms with Crippen molar-refractivity contribution in [2.24, 2.45) is 4.99 Å². The minimum Gasteiger partial charge on any atom is -0.361 e. The normalized spacial score (nSPS) is 14.7. The Morgan fingerprint density at radius 2 is 1.87 bits per heavy atom. The van der Waals surface area contributed by atoms with Crippen molar-refractivity contribution in [2.45, 2.75) is 72.4 Å². The van der Waals surface area contributed by atoms with Crippen LogP contribution in [0.4, 0.5) is 5.82 Å². The highest BCUT2D eigenvalue weighted by atomic mass is 127. The number of hydrogen-bond donors (Lipinski definition) is 2. The van der Waals surface area contributed by atoms with Crippen LogP contribution in [0.5, 0.6) is 0 Å². The van der Waals surface area contributed by atoms with Crippen LogP contribution in [0.1, 0.15) is 69.0 Å². The highest BCUT2D eigenvalue weighted by molar-refractivity contribution is 14.0. The molecule has 1 aliphatic rings. The third-order valence-corrected chi connectivity index (χ3v) is 5.54. The number of nitrogens with zero attached hydrogens (tertiary/aromatic N) is 4. The van der Waals surface area contributed by atoms with Crippen molar-refractivity contribution in [3.05, 3.63) is 40.9 Å². The molecule has 0 aliphatic carbocycles. The van der Waals surface area contributed by atoms with E-state index in [1.54, 1.807) is 0 Å². The standard InChI is InChI=1S/C23H36N6O.HI/c1-4-20-19(21(5-2)30-28-20)17-27-23(24-6-3)26-16-18-11-12-25-22(15-18)29-13-9-7-8-10-14-29;/h11-12,15H,4-10,13-14,16-17H2,1-3H3,(H2,24,26,27);1H. The van der Waals surface area contributed by atoms with E-state index in [0.29, 0.717) is 13.1 Å². The van der Waals surface area contributed by atoms with E-state index < -0.39 is 0 Å². The first-order chi connectivity index (χ1) is 14.7. The molecule has 0 aromatic carbocycles. The highest BCUT2D eigenvalue weighted by Crippen LogP contribution is 2.19. The Hall–Kier alpha value is -1.84. The summed E-state index contributed by atoms with van der Waals surface area (Å²) in [4.78, 5) is 11.8. The zero-order valence-corrected chi connectivity index (χ0v) is 21.4. The topological polar surface area (TPSA) is 78.6 Å². The maximum absolute atomic E-state index is 5.48. The molecule has 2 aromatic rings. The number of aromatic nitrogens is 2. The van der Waals surface area contributed by atoms with E-state index in [2.05, 4.69) is 58.6 Å². The van der Waals surface area contributed by atoms with E-state index in [4.69, 9.17) is 9.52 Å². The van der Waals surface area contributed by atoms with Crippen molar-refractivity contribution in [1.82, 2.24) is 20.8 Å². The smallest absolute Gasteiger partial charge is 0.191 e. The van der Waals surface area contributed by atoms with Crippen molar-refractivity contribution < 1.29 is 4.52 Å². The van der Waals surface area contributed by atoms with Crippen molar-refractivity contribution in [1.29, 1.82) is 0 Å². The summed E-state index contributed by atoms with van der Waals surface area (Å²) in [6.07, 6.45) is 8.76. The minimum absolute atomic E-state index is 0. The van der Waals surface area contributed by atoms with Crippen LogP contribution in [0.25, 0.3) is 0 Å². The van der Waals surface area contributed by atoms with Crippen LogP contribution in [-0.2, 0) is 25.9 Å². The SMILES string of the molecule is CCNC(=NCc1ccnc(N2CCCCCC2)c1)NCc1c(CC)noc1CC.I. The van der Waals surface area contributed by atoms with E-state index in [9.17, 15) is 0 Å². The van der Waals surface area contributed by atoms with Gasteiger partial charge in [0, 0.05) is 44.4 Å². The summed E-state index contributed by atoms with van der Waals surface area (Å²) >= 11 is 0. The summed E-state index contributed by atoms with van der Waals surface area (Å²) in [6.45, 7) is 10.6. The van der Waals surface area contributed by atoms with Gasteiger partial charge in [-0.05, 0) is 43.9 Å². The number of hydrogen-bond acceptors (Lipinski definition) is 5. The molecule has 7 nitrogen and oxygen atoms in total. The number of guanidine groups is 1. The third-order valence-electron chi connectivity index (χ3n) is 5.54. The molecular formula is C23H37IN6O. The average molecular weight is 540 g/mol. The fourth-order valence-corrected chi connectivity index (χ4v) is 3.85. The number of pyridine rings is 1. The molecule has 1 aliphatic heterocycles. The molecule has 0 radical (unpaired) electrons. The van der Waals surface area contributed by atoms with E-state index >= 15 is 0 Å². The lowest BCUT2D eigenvalue weighted by atomic mass is 10.1. The number of rotatable bonds is 8. The van der Waals surface area contributed by atoms with Gasteiger partial charge in [0.2, 0.25) is 0 Å². The van der Waals surface area contributed by atoms with Crippen LogP contribution in [0.2, 0.25) is 0 Å². The molecule has 0 bridgehead atoms. The molecule has 172 valence electrons. The number of halogens is 1. The molecule has 0 amide bonds. The highest BCUT2D eigenvalue weighted by Gasteiger charge is 2.14. The van der Waals surface area contributed by atoms with E-state index in [-0.39, 0.29) is 24.0 Å². The second kappa shape index (κ2) is 13.5. The number of aliphatic imine (C=N–C) groups is 1. The molecule has 31 heavy (non-hydrogen) atoms. The number of aryl methyl sites for hydroxylation is 2. The second-order valence-corrected chi connectivity index (χ2v) is 7.71. The van der Waals surface area contributed by atoms with Crippen molar-refractivity contribution >= 4 is 35.8 Å². The van der Waals surface area contributed by atoms with Gasteiger partial charge in [0.05, 0.1) is 12.2 Å². The number of nitrogens with one attached hydrogen (secondary N) is 2. The molecule has 0 atom stereocenters. The van der Waals surface area contributed by atoms with Crippen LogP contribution in [0.15, 0.2) is 27.8 Å². The predicted molar refractivity (Wildman–Crippen MR) is 137 cm³/mol. The quantitative estimate of drug-likeness (QED) is 0.293. The zero-order valence-electron chi connectivity index (χ0n) is 19.1. The summed E-state index contributed by atoms with van der Waals surface area (Å²) in [6, 6.07) is 4.24. The Morgan fingerprint density at radius 3 is 2.55 bits per heavy atom. The van der Waals surface area contributed by atoms with E-state index in [1.807, 2.05) is 6.20 Å². The van der Waals surface area contributed by atoms with Crippen LogP contribution in [0, 0.1) is 0 Å². The van der Waals surface area contributed by atoms with Gasteiger partial charge in [0.25, 0.3) is 0 Å². The van der Waals surface area contributed by atoms with Gasteiger partial charge in [-0.2, -0.15) is 0 Å². The Labute approximate surface area is 203 Å². The average Bonchev–Trinajstić information content (AvgIpc) is 2.97. The second-order valence-electron chi connectivity index (χ2n) is 7.71. The first kappa shape index (κ1) is 25.4. The fraction of sp³-hybridized carbons (Fsp3) is 0.609.